The standard InChI is InChI=1S/C12H29N3/c1-6-15(9-7-8-11(2)13)12(3)10-14(4)5/h11-12H,6-10,13H2,1-5H3. The maximum Gasteiger partial charge on any atom is 0.0194 e. The molecule has 0 amide bonds. The molecule has 0 radical (unpaired) electrons. The van der Waals surface area contributed by atoms with Gasteiger partial charge < -0.3 is 10.6 Å². The molecule has 3 nitrogen and oxygen atoms in total. The SMILES string of the molecule is CCN(CCCC(C)N)C(C)CN(C)C. The molecule has 0 aromatic heterocycles. The molecule has 15 heavy (non-hydrogen) atoms. The summed E-state index contributed by atoms with van der Waals surface area (Å²) in [4.78, 5) is 4.78. The Morgan fingerprint density at radius 1 is 1.20 bits per heavy atom. The minimum Gasteiger partial charge on any atom is -0.328 e. The molecule has 0 heterocycles. The van der Waals surface area contributed by atoms with Crippen LogP contribution in [0.3, 0.4) is 0 Å². The van der Waals surface area contributed by atoms with Crippen LogP contribution in [-0.2, 0) is 0 Å². The maximum absolute atomic E-state index is 5.75. The molecule has 92 valence electrons. The van der Waals surface area contributed by atoms with Gasteiger partial charge in [-0.3, -0.25) is 4.90 Å². The molecule has 2 N–H and O–H groups in total. The van der Waals surface area contributed by atoms with Crippen LogP contribution in [0.2, 0.25) is 0 Å². The molecule has 2 unspecified atom stereocenters. The molecule has 0 saturated heterocycles. The average Bonchev–Trinajstić information content (AvgIpc) is 2.10. The molecule has 0 aliphatic carbocycles. The van der Waals surface area contributed by atoms with Gasteiger partial charge in [0.1, 0.15) is 0 Å². The van der Waals surface area contributed by atoms with E-state index in [0.29, 0.717) is 12.1 Å². The summed E-state index contributed by atoms with van der Waals surface area (Å²) in [6, 6.07) is 0.978. The van der Waals surface area contributed by atoms with Crippen LogP contribution < -0.4 is 5.73 Å². The fraction of sp³-hybridized carbons (Fsp3) is 1.00. The minimum absolute atomic E-state index is 0.341. The van der Waals surface area contributed by atoms with Gasteiger partial charge in [-0.15, -0.1) is 0 Å². The first-order valence-electron chi connectivity index (χ1n) is 6.11. The molecule has 0 fully saturated rings. The summed E-state index contributed by atoms with van der Waals surface area (Å²) in [6.07, 6.45) is 2.34. The number of likely N-dealkylation sites (N-methyl/N-ethyl adjacent to an activating group) is 2. The van der Waals surface area contributed by atoms with Crippen molar-refractivity contribution >= 4 is 0 Å². The van der Waals surface area contributed by atoms with E-state index in [2.05, 4.69) is 44.7 Å². The Kier molecular flexibility index (Phi) is 8.02. The highest BCUT2D eigenvalue weighted by Gasteiger charge is 2.12. The van der Waals surface area contributed by atoms with E-state index < -0.39 is 0 Å². The molecular formula is C12H29N3. The number of nitrogens with two attached hydrogens (primary N) is 1. The van der Waals surface area contributed by atoms with Crippen molar-refractivity contribution in [3.05, 3.63) is 0 Å². The molecule has 0 aliphatic heterocycles. The summed E-state index contributed by atoms with van der Waals surface area (Å²) in [7, 11) is 4.26. The van der Waals surface area contributed by atoms with Crippen molar-refractivity contribution in [1.82, 2.24) is 9.80 Å². The first kappa shape index (κ1) is 14.9. The summed E-state index contributed by atoms with van der Waals surface area (Å²) in [5.74, 6) is 0. The quantitative estimate of drug-likeness (QED) is 0.664. The molecule has 3 heteroatoms. The van der Waals surface area contributed by atoms with E-state index in [4.69, 9.17) is 5.73 Å². The Balaban J connectivity index is 3.79. The van der Waals surface area contributed by atoms with E-state index in [1.54, 1.807) is 0 Å². The second-order valence-corrected chi connectivity index (χ2v) is 4.86. The van der Waals surface area contributed by atoms with Crippen LogP contribution in [0.15, 0.2) is 0 Å². The highest BCUT2D eigenvalue weighted by atomic mass is 15.2. The van der Waals surface area contributed by atoms with Crippen LogP contribution in [0.4, 0.5) is 0 Å². The van der Waals surface area contributed by atoms with Gasteiger partial charge in [-0.25, -0.2) is 0 Å². The fourth-order valence-corrected chi connectivity index (χ4v) is 1.95. The van der Waals surface area contributed by atoms with Gasteiger partial charge in [0.05, 0.1) is 0 Å². The van der Waals surface area contributed by atoms with Crippen molar-refractivity contribution in [2.45, 2.75) is 45.7 Å². The summed E-state index contributed by atoms with van der Waals surface area (Å²) in [5, 5.41) is 0. The number of hydrogen-bond donors (Lipinski definition) is 1. The zero-order chi connectivity index (χ0) is 11.8. The highest BCUT2D eigenvalue weighted by Crippen LogP contribution is 2.04. The predicted molar refractivity (Wildman–Crippen MR) is 68.1 cm³/mol. The first-order chi connectivity index (χ1) is 6.97. The molecule has 0 aromatic rings. The molecular weight excluding hydrogens is 186 g/mol. The molecule has 0 aliphatic rings. The molecule has 2 atom stereocenters. The van der Waals surface area contributed by atoms with Crippen LogP contribution >= 0.6 is 0 Å². The van der Waals surface area contributed by atoms with Crippen LogP contribution in [0, 0.1) is 0 Å². The van der Waals surface area contributed by atoms with E-state index in [-0.39, 0.29) is 0 Å². The molecule has 0 rings (SSSR count). The average molecular weight is 215 g/mol. The van der Waals surface area contributed by atoms with Crippen molar-refractivity contribution < 1.29 is 0 Å². The molecule has 0 spiro atoms. The maximum atomic E-state index is 5.75. The van der Waals surface area contributed by atoms with E-state index in [1.807, 2.05) is 0 Å². The van der Waals surface area contributed by atoms with Gasteiger partial charge in [-0.1, -0.05) is 6.92 Å². The van der Waals surface area contributed by atoms with E-state index >= 15 is 0 Å². The van der Waals surface area contributed by atoms with E-state index in [9.17, 15) is 0 Å². The Morgan fingerprint density at radius 3 is 2.20 bits per heavy atom. The first-order valence-corrected chi connectivity index (χ1v) is 6.11. The van der Waals surface area contributed by atoms with Gasteiger partial charge in [0.15, 0.2) is 0 Å². The Bertz CT molecular complexity index is 146. The Morgan fingerprint density at radius 2 is 1.80 bits per heavy atom. The van der Waals surface area contributed by atoms with Crippen molar-refractivity contribution in [3.8, 4) is 0 Å². The molecule has 0 aromatic carbocycles. The number of nitrogens with zero attached hydrogens (tertiary/aromatic N) is 2. The Hall–Kier alpha value is -0.120. The molecule has 0 saturated carbocycles. The van der Waals surface area contributed by atoms with Crippen molar-refractivity contribution in [3.63, 3.8) is 0 Å². The van der Waals surface area contributed by atoms with Gasteiger partial charge in [0.25, 0.3) is 0 Å². The van der Waals surface area contributed by atoms with Crippen molar-refractivity contribution in [2.75, 3.05) is 33.7 Å². The smallest absolute Gasteiger partial charge is 0.0194 e. The minimum atomic E-state index is 0.341. The van der Waals surface area contributed by atoms with Gasteiger partial charge in [-0.05, 0) is 53.9 Å². The summed E-state index contributed by atoms with van der Waals surface area (Å²) < 4.78 is 0. The lowest BCUT2D eigenvalue weighted by molar-refractivity contribution is 0.178. The third-order valence-electron chi connectivity index (χ3n) is 2.76. The van der Waals surface area contributed by atoms with Crippen molar-refractivity contribution in [2.24, 2.45) is 5.73 Å². The van der Waals surface area contributed by atoms with Crippen LogP contribution in [-0.4, -0.2) is 55.6 Å². The lowest BCUT2D eigenvalue weighted by Crippen LogP contribution is -2.40. The van der Waals surface area contributed by atoms with Gasteiger partial charge >= 0.3 is 0 Å². The van der Waals surface area contributed by atoms with Crippen molar-refractivity contribution in [1.29, 1.82) is 0 Å². The van der Waals surface area contributed by atoms with E-state index in [0.717, 1.165) is 19.5 Å². The van der Waals surface area contributed by atoms with Crippen LogP contribution in [0.25, 0.3) is 0 Å². The predicted octanol–water partition coefficient (Wildman–Crippen LogP) is 1.39. The lowest BCUT2D eigenvalue weighted by atomic mass is 10.1. The third-order valence-corrected chi connectivity index (χ3v) is 2.76. The Labute approximate surface area is 95.6 Å². The number of hydrogen-bond acceptors (Lipinski definition) is 3. The van der Waals surface area contributed by atoms with Gasteiger partial charge in [0, 0.05) is 18.6 Å². The monoisotopic (exact) mass is 215 g/mol. The molecule has 0 bridgehead atoms. The zero-order valence-electron chi connectivity index (χ0n) is 11.2. The number of rotatable bonds is 8. The fourth-order valence-electron chi connectivity index (χ4n) is 1.95. The normalized spacial score (nSPS) is 16.0. The van der Waals surface area contributed by atoms with Crippen LogP contribution in [0.1, 0.15) is 33.6 Å². The van der Waals surface area contributed by atoms with Gasteiger partial charge in [0.2, 0.25) is 0 Å². The lowest BCUT2D eigenvalue weighted by Gasteiger charge is -2.30. The second kappa shape index (κ2) is 8.08. The summed E-state index contributed by atoms with van der Waals surface area (Å²) in [6.45, 7) is 10.1. The summed E-state index contributed by atoms with van der Waals surface area (Å²) in [5.41, 5.74) is 5.75. The third kappa shape index (κ3) is 7.77. The van der Waals surface area contributed by atoms with Gasteiger partial charge in [-0.2, -0.15) is 0 Å². The van der Waals surface area contributed by atoms with E-state index in [1.165, 1.54) is 13.0 Å². The summed E-state index contributed by atoms with van der Waals surface area (Å²) >= 11 is 0. The van der Waals surface area contributed by atoms with Crippen LogP contribution in [0.5, 0.6) is 0 Å². The zero-order valence-corrected chi connectivity index (χ0v) is 11.2. The highest BCUT2D eigenvalue weighted by molar-refractivity contribution is 4.69. The second-order valence-electron chi connectivity index (χ2n) is 4.86. The topological polar surface area (TPSA) is 32.5 Å². The largest absolute Gasteiger partial charge is 0.328 e.